The lowest BCUT2D eigenvalue weighted by atomic mass is 10.0. The number of aromatic amines is 1. The first-order valence-electron chi connectivity index (χ1n) is 5.20. The Balaban J connectivity index is 2.52. The number of hydrogen-bond acceptors (Lipinski definition) is 2. The minimum absolute atomic E-state index is 0.121. The molecule has 0 bridgehead atoms. The van der Waals surface area contributed by atoms with E-state index in [9.17, 15) is 13.2 Å². The predicted octanol–water partition coefficient (Wildman–Crippen LogP) is 4.13. The van der Waals surface area contributed by atoms with Gasteiger partial charge in [-0.2, -0.15) is 18.3 Å². The number of aromatic nitrogens is 2. The zero-order valence-electron chi connectivity index (χ0n) is 9.80. The molecule has 1 aromatic heterocycles. The van der Waals surface area contributed by atoms with E-state index in [0.717, 1.165) is 4.90 Å². The first-order chi connectivity index (χ1) is 8.43. The smallest absolute Gasteiger partial charge is 0.282 e. The summed E-state index contributed by atoms with van der Waals surface area (Å²) in [6.45, 7) is 1.58. The third-order valence-corrected chi connectivity index (χ3v) is 3.34. The quantitative estimate of drug-likeness (QED) is 0.833. The molecule has 0 aliphatic carbocycles. The van der Waals surface area contributed by atoms with Crippen LogP contribution in [0.1, 0.15) is 11.4 Å². The highest BCUT2D eigenvalue weighted by molar-refractivity contribution is 7.98. The van der Waals surface area contributed by atoms with Crippen molar-refractivity contribution in [2.45, 2.75) is 18.0 Å². The van der Waals surface area contributed by atoms with Crippen LogP contribution in [-0.4, -0.2) is 16.5 Å². The molecule has 2 rings (SSSR count). The van der Waals surface area contributed by atoms with Crippen molar-refractivity contribution in [3.63, 3.8) is 0 Å². The van der Waals surface area contributed by atoms with Gasteiger partial charge in [-0.3, -0.25) is 5.10 Å². The van der Waals surface area contributed by atoms with Gasteiger partial charge >= 0.3 is 6.18 Å². The maximum absolute atomic E-state index is 12.8. The summed E-state index contributed by atoms with van der Waals surface area (Å²) in [6.07, 6.45) is -2.53. The van der Waals surface area contributed by atoms with Gasteiger partial charge in [0, 0.05) is 16.2 Å². The number of nitrogens with one attached hydrogen (secondary N) is 1. The number of hydrogen-bond donors (Lipinski definition) is 1. The van der Waals surface area contributed by atoms with Crippen LogP contribution in [0, 0.1) is 6.92 Å². The van der Waals surface area contributed by atoms with Crippen molar-refractivity contribution in [3.05, 3.63) is 35.7 Å². The molecule has 18 heavy (non-hydrogen) atoms. The Bertz CT molecular complexity index is 543. The van der Waals surface area contributed by atoms with Crippen LogP contribution in [0.3, 0.4) is 0 Å². The predicted molar refractivity (Wildman–Crippen MR) is 65.5 cm³/mol. The molecule has 0 spiro atoms. The molecular weight excluding hydrogens is 261 g/mol. The molecule has 2 aromatic rings. The number of alkyl halides is 3. The Morgan fingerprint density at radius 1 is 1.17 bits per heavy atom. The van der Waals surface area contributed by atoms with Crippen LogP contribution < -0.4 is 0 Å². The number of rotatable bonds is 2. The molecule has 0 radical (unpaired) electrons. The molecule has 2 nitrogen and oxygen atoms in total. The van der Waals surface area contributed by atoms with Gasteiger partial charge in [0.2, 0.25) is 0 Å². The van der Waals surface area contributed by atoms with Crippen LogP contribution in [0.4, 0.5) is 13.2 Å². The minimum atomic E-state index is -4.45. The normalized spacial score (nSPS) is 11.8. The lowest BCUT2D eigenvalue weighted by molar-refractivity contribution is -0.140. The minimum Gasteiger partial charge on any atom is -0.282 e. The van der Waals surface area contributed by atoms with Gasteiger partial charge in [-0.05, 0) is 30.9 Å². The van der Waals surface area contributed by atoms with Gasteiger partial charge in [-0.1, -0.05) is 12.1 Å². The summed E-state index contributed by atoms with van der Waals surface area (Å²) in [7, 11) is 0. The molecule has 0 atom stereocenters. The van der Waals surface area contributed by atoms with Gasteiger partial charge < -0.3 is 0 Å². The standard InChI is InChI=1S/C12H11F3N2S/c1-7-10(11(17-16-7)12(13,14)15)8-3-5-9(18-2)6-4-8/h3-6H,1-2H3,(H,16,17). The highest BCUT2D eigenvalue weighted by atomic mass is 32.2. The van der Waals surface area contributed by atoms with E-state index in [1.807, 2.05) is 6.26 Å². The van der Waals surface area contributed by atoms with Gasteiger partial charge in [-0.15, -0.1) is 11.8 Å². The van der Waals surface area contributed by atoms with E-state index < -0.39 is 11.9 Å². The van der Waals surface area contributed by atoms with E-state index in [-0.39, 0.29) is 5.56 Å². The molecule has 1 N–H and O–H groups in total. The van der Waals surface area contributed by atoms with Crippen LogP contribution >= 0.6 is 11.8 Å². The topological polar surface area (TPSA) is 28.7 Å². The van der Waals surface area contributed by atoms with Gasteiger partial charge in [0.15, 0.2) is 5.69 Å². The van der Waals surface area contributed by atoms with Crippen LogP contribution in [-0.2, 0) is 6.18 Å². The molecule has 0 fully saturated rings. The number of aryl methyl sites for hydroxylation is 1. The second-order valence-corrected chi connectivity index (χ2v) is 4.68. The molecule has 1 heterocycles. The second-order valence-electron chi connectivity index (χ2n) is 3.80. The zero-order valence-corrected chi connectivity index (χ0v) is 10.6. The third-order valence-electron chi connectivity index (χ3n) is 2.59. The van der Waals surface area contributed by atoms with Crippen molar-refractivity contribution in [3.8, 4) is 11.1 Å². The first-order valence-corrected chi connectivity index (χ1v) is 6.42. The summed E-state index contributed by atoms with van der Waals surface area (Å²) >= 11 is 1.54. The van der Waals surface area contributed by atoms with Gasteiger partial charge in [-0.25, -0.2) is 0 Å². The third kappa shape index (κ3) is 2.38. The van der Waals surface area contributed by atoms with Crippen molar-refractivity contribution in [1.82, 2.24) is 10.2 Å². The molecule has 0 amide bonds. The summed E-state index contributed by atoms with van der Waals surface area (Å²) in [5.74, 6) is 0. The average molecular weight is 272 g/mol. The van der Waals surface area contributed by atoms with Crippen molar-refractivity contribution >= 4 is 11.8 Å². The van der Waals surface area contributed by atoms with Gasteiger partial charge in [0.1, 0.15) is 0 Å². The molecule has 1 aromatic carbocycles. The maximum Gasteiger partial charge on any atom is 0.435 e. The van der Waals surface area contributed by atoms with Gasteiger partial charge in [0.25, 0.3) is 0 Å². The largest absolute Gasteiger partial charge is 0.435 e. The number of benzene rings is 1. The zero-order chi connectivity index (χ0) is 13.3. The van der Waals surface area contributed by atoms with Crippen LogP contribution in [0.25, 0.3) is 11.1 Å². The summed E-state index contributed by atoms with van der Waals surface area (Å²) in [4.78, 5) is 1.01. The molecule has 96 valence electrons. The Labute approximate surface area is 107 Å². The Kier molecular flexibility index (Phi) is 3.38. The van der Waals surface area contributed by atoms with Crippen molar-refractivity contribution in [2.24, 2.45) is 0 Å². The molecule has 0 saturated carbocycles. The SMILES string of the molecule is CSc1ccc(-c2c(C(F)(F)F)n[nH]c2C)cc1. The Hall–Kier alpha value is -1.43. The summed E-state index contributed by atoms with van der Waals surface area (Å²) in [6, 6.07) is 6.96. The fourth-order valence-electron chi connectivity index (χ4n) is 1.75. The van der Waals surface area contributed by atoms with E-state index in [2.05, 4.69) is 10.2 Å². The van der Waals surface area contributed by atoms with E-state index in [1.165, 1.54) is 0 Å². The lowest BCUT2D eigenvalue weighted by Crippen LogP contribution is -2.07. The number of H-pyrrole nitrogens is 1. The molecule has 0 saturated heterocycles. The number of halogens is 3. The second kappa shape index (κ2) is 4.68. The average Bonchev–Trinajstić information content (AvgIpc) is 2.71. The van der Waals surface area contributed by atoms with Gasteiger partial charge in [0.05, 0.1) is 0 Å². The highest BCUT2D eigenvalue weighted by Gasteiger charge is 2.37. The molecule has 6 heteroatoms. The van der Waals surface area contributed by atoms with Crippen LogP contribution in [0.15, 0.2) is 29.2 Å². The first kappa shape index (κ1) is 13.0. The monoisotopic (exact) mass is 272 g/mol. The fraction of sp³-hybridized carbons (Fsp3) is 0.250. The highest BCUT2D eigenvalue weighted by Crippen LogP contribution is 2.37. The van der Waals surface area contributed by atoms with Crippen molar-refractivity contribution < 1.29 is 13.2 Å². The van der Waals surface area contributed by atoms with Crippen LogP contribution in [0.5, 0.6) is 0 Å². The molecular formula is C12H11F3N2S. The van der Waals surface area contributed by atoms with E-state index in [0.29, 0.717) is 11.3 Å². The van der Waals surface area contributed by atoms with Crippen molar-refractivity contribution in [2.75, 3.05) is 6.26 Å². The summed E-state index contributed by atoms with van der Waals surface area (Å²) < 4.78 is 38.4. The maximum atomic E-state index is 12.8. The Morgan fingerprint density at radius 2 is 1.78 bits per heavy atom. The molecule has 0 aliphatic heterocycles. The number of thioether (sulfide) groups is 1. The summed E-state index contributed by atoms with van der Waals surface area (Å²) in [5, 5.41) is 5.75. The number of nitrogens with zero attached hydrogens (tertiary/aromatic N) is 1. The fourth-order valence-corrected chi connectivity index (χ4v) is 2.15. The summed E-state index contributed by atoms with van der Waals surface area (Å²) in [5.41, 5.74) is 0.192. The lowest BCUT2D eigenvalue weighted by Gasteiger charge is -2.07. The van der Waals surface area contributed by atoms with E-state index in [4.69, 9.17) is 0 Å². The van der Waals surface area contributed by atoms with Crippen LogP contribution in [0.2, 0.25) is 0 Å². The van der Waals surface area contributed by atoms with E-state index >= 15 is 0 Å². The van der Waals surface area contributed by atoms with Crippen molar-refractivity contribution in [1.29, 1.82) is 0 Å². The molecule has 0 unspecified atom stereocenters. The Morgan fingerprint density at radius 3 is 2.28 bits per heavy atom. The molecule has 0 aliphatic rings. The van der Waals surface area contributed by atoms with E-state index in [1.54, 1.807) is 43.0 Å².